The van der Waals surface area contributed by atoms with Crippen molar-refractivity contribution >= 4 is 21.8 Å². The number of aryl methyl sites for hydroxylation is 1. The molecule has 1 aliphatic rings. The van der Waals surface area contributed by atoms with E-state index in [1.165, 1.54) is 5.56 Å². The van der Waals surface area contributed by atoms with E-state index >= 15 is 0 Å². The number of carbonyl (C=O) groups is 2. The van der Waals surface area contributed by atoms with Crippen LogP contribution in [0.4, 0.5) is 18.0 Å². The lowest BCUT2D eigenvalue weighted by Gasteiger charge is -2.06. The number of nitrogens with one attached hydrogen (secondary N) is 1. The lowest BCUT2D eigenvalue weighted by atomic mass is 10.1. The van der Waals surface area contributed by atoms with Crippen LogP contribution in [0.15, 0.2) is 24.3 Å². The number of amides is 2. The number of rotatable bonds is 1. The number of halogens is 3. The average Bonchev–Trinajstić information content (AvgIpc) is 2.70. The number of sulfonamides is 1. The van der Waals surface area contributed by atoms with E-state index in [4.69, 9.17) is 0 Å². The lowest BCUT2D eigenvalue weighted by Crippen LogP contribution is -2.42. The summed E-state index contributed by atoms with van der Waals surface area (Å²) >= 11 is 0. The first-order valence-electron chi connectivity index (χ1n) is 5.54. The number of urea groups is 1. The smallest absolute Gasteiger partial charge is 0.351 e. The van der Waals surface area contributed by atoms with Gasteiger partial charge in [0.2, 0.25) is 0 Å². The molecule has 1 aromatic carbocycles. The molecule has 2 amide bonds. The lowest BCUT2D eigenvalue weighted by molar-refractivity contribution is -0.0444. The van der Waals surface area contributed by atoms with Crippen LogP contribution in [0.5, 0.6) is 0 Å². The summed E-state index contributed by atoms with van der Waals surface area (Å²) in [4.78, 5) is 20.8. The van der Waals surface area contributed by atoms with Crippen LogP contribution >= 0.6 is 0 Å². The molecule has 0 saturated heterocycles. The highest BCUT2D eigenvalue weighted by molar-refractivity contribution is 7.90. The van der Waals surface area contributed by atoms with Crippen LogP contribution in [0.25, 0.3) is 0 Å². The molecule has 1 aromatic rings. The van der Waals surface area contributed by atoms with Crippen LogP contribution < -0.4 is 10.5 Å². The Hall–Kier alpha value is -2.10. The summed E-state index contributed by atoms with van der Waals surface area (Å²) in [6.07, 6.45) is 1.65. The molecule has 0 heterocycles. The maximum atomic E-state index is 11.3. The third-order valence-corrected chi connectivity index (χ3v) is 3.56. The number of ketones is 1. The highest BCUT2D eigenvalue weighted by Gasteiger charge is 2.46. The zero-order valence-electron chi connectivity index (χ0n) is 10.5. The van der Waals surface area contributed by atoms with Crippen LogP contribution in [0.1, 0.15) is 22.3 Å². The number of nitrogens with two attached hydrogens (primary N) is 1. The van der Waals surface area contributed by atoms with Gasteiger partial charge in [-0.05, 0) is 12.0 Å². The minimum absolute atomic E-state index is 0.301. The number of alkyl halides is 3. The predicted octanol–water partition coefficient (Wildman–Crippen LogP) is 1.32. The van der Waals surface area contributed by atoms with Crippen molar-refractivity contribution in [2.75, 3.05) is 0 Å². The van der Waals surface area contributed by atoms with E-state index in [1.807, 2.05) is 24.3 Å². The van der Waals surface area contributed by atoms with Gasteiger partial charge in [-0.3, -0.25) is 4.79 Å². The highest BCUT2D eigenvalue weighted by atomic mass is 32.2. The fourth-order valence-electron chi connectivity index (χ4n) is 1.58. The number of hydrogen-bond donors (Lipinski definition) is 2. The minimum atomic E-state index is -5.62. The standard InChI is InChI=1S/C9H8O.C2H3F3N2O3S/c10-9-6-5-7-3-1-2-4-8(7)9;3-2(4,5)11(9,10)7-1(6)8/h1-4H,5-6H2;(H3,6,7,8). The predicted molar refractivity (Wildman–Crippen MR) is 66.8 cm³/mol. The van der Waals surface area contributed by atoms with Crippen molar-refractivity contribution in [3.05, 3.63) is 35.4 Å². The Bertz CT molecular complexity index is 656. The maximum absolute atomic E-state index is 11.3. The van der Waals surface area contributed by atoms with Crippen molar-refractivity contribution in [2.45, 2.75) is 18.3 Å². The van der Waals surface area contributed by atoms with Gasteiger partial charge in [0.1, 0.15) is 0 Å². The van der Waals surface area contributed by atoms with Gasteiger partial charge in [-0.1, -0.05) is 24.3 Å². The van der Waals surface area contributed by atoms with Crippen molar-refractivity contribution < 1.29 is 31.2 Å². The third kappa shape index (κ3) is 4.45. The molecule has 0 fully saturated rings. The molecular weight excluding hydrogens is 313 g/mol. The van der Waals surface area contributed by atoms with Crippen LogP contribution in [0.3, 0.4) is 0 Å². The Morgan fingerprint density at radius 2 is 1.76 bits per heavy atom. The van der Waals surface area contributed by atoms with E-state index in [9.17, 15) is 31.2 Å². The third-order valence-electron chi connectivity index (χ3n) is 2.48. The second-order valence-corrected chi connectivity index (χ2v) is 5.67. The molecule has 6 nitrogen and oxygen atoms in total. The molecule has 0 bridgehead atoms. The zero-order valence-corrected chi connectivity index (χ0v) is 11.3. The first kappa shape index (κ1) is 17.0. The van der Waals surface area contributed by atoms with Crippen molar-refractivity contribution in [1.82, 2.24) is 4.72 Å². The quantitative estimate of drug-likeness (QED) is 0.812. The molecule has 0 radical (unpaired) electrons. The van der Waals surface area contributed by atoms with Crippen LogP contribution in [0.2, 0.25) is 0 Å². The van der Waals surface area contributed by atoms with Gasteiger partial charge in [0.15, 0.2) is 5.78 Å². The number of benzene rings is 1. The molecule has 0 unspecified atom stereocenters. The molecule has 0 aliphatic heterocycles. The van der Waals surface area contributed by atoms with E-state index in [-0.39, 0.29) is 0 Å². The van der Waals surface area contributed by atoms with Gasteiger partial charge in [0, 0.05) is 12.0 Å². The van der Waals surface area contributed by atoms with E-state index in [0.717, 1.165) is 12.0 Å². The number of hydrogen-bond acceptors (Lipinski definition) is 4. The molecule has 0 atom stereocenters. The molecule has 3 N–H and O–H groups in total. The summed E-state index contributed by atoms with van der Waals surface area (Å²) in [5, 5.41) is 0. The summed E-state index contributed by atoms with van der Waals surface area (Å²) in [6, 6.07) is 6.06. The largest absolute Gasteiger partial charge is 0.516 e. The summed E-state index contributed by atoms with van der Waals surface area (Å²) in [5.41, 5.74) is 0.782. The van der Waals surface area contributed by atoms with Crippen molar-refractivity contribution in [1.29, 1.82) is 0 Å². The molecule has 0 spiro atoms. The van der Waals surface area contributed by atoms with Gasteiger partial charge < -0.3 is 5.73 Å². The summed E-state index contributed by atoms with van der Waals surface area (Å²) in [5.74, 6) is 0.301. The monoisotopic (exact) mass is 324 g/mol. The fraction of sp³-hybridized carbons (Fsp3) is 0.273. The van der Waals surface area contributed by atoms with E-state index in [0.29, 0.717) is 16.9 Å². The second kappa shape index (κ2) is 6.12. The molecule has 116 valence electrons. The molecule has 0 aromatic heterocycles. The fourth-order valence-corrected chi connectivity index (χ4v) is 1.96. The Balaban J connectivity index is 0.000000210. The van der Waals surface area contributed by atoms with Crippen LogP contribution in [0, 0.1) is 0 Å². The normalized spacial score (nSPS) is 14.0. The second-order valence-electron chi connectivity index (χ2n) is 4.00. The molecule has 10 heteroatoms. The van der Waals surface area contributed by atoms with E-state index in [2.05, 4.69) is 5.73 Å². The first-order chi connectivity index (χ1) is 9.54. The Kier molecular flexibility index (Phi) is 4.94. The molecule has 2 rings (SSSR count). The zero-order chi connectivity index (χ0) is 16.3. The number of primary amides is 1. The molecule has 1 aliphatic carbocycles. The summed E-state index contributed by atoms with van der Waals surface area (Å²) in [6.45, 7) is 0. The summed E-state index contributed by atoms with van der Waals surface area (Å²) < 4.78 is 54.4. The molecule has 0 saturated carbocycles. The van der Waals surface area contributed by atoms with Gasteiger partial charge in [-0.15, -0.1) is 0 Å². The Labute approximate surface area is 118 Å². The minimum Gasteiger partial charge on any atom is -0.351 e. The highest BCUT2D eigenvalue weighted by Crippen LogP contribution is 2.21. The van der Waals surface area contributed by atoms with Gasteiger partial charge in [0.05, 0.1) is 0 Å². The maximum Gasteiger partial charge on any atom is 0.516 e. The van der Waals surface area contributed by atoms with Gasteiger partial charge in [0.25, 0.3) is 0 Å². The number of Topliss-reactive ketones (excluding diaryl/α,β-unsaturated/α-hetero) is 1. The Morgan fingerprint density at radius 1 is 1.19 bits per heavy atom. The number of fused-ring (bicyclic) bond motifs is 1. The molecule has 21 heavy (non-hydrogen) atoms. The van der Waals surface area contributed by atoms with Gasteiger partial charge in [-0.2, -0.15) is 21.6 Å². The van der Waals surface area contributed by atoms with E-state index in [1.54, 1.807) is 0 Å². The molecular formula is C11H11F3N2O4S. The topological polar surface area (TPSA) is 106 Å². The van der Waals surface area contributed by atoms with Crippen LogP contribution in [-0.4, -0.2) is 25.7 Å². The van der Waals surface area contributed by atoms with Crippen molar-refractivity contribution in [3.63, 3.8) is 0 Å². The Morgan fingerprint density at radius 3 is 2.19 bits per heavy atom. The van der Waals surface area contributed by atoms with Gasteiger partial charge in [-0.25, -0.2) is 9.52 Å². The average molecular weight is 324 g/mol. The SMILES string of the molecule is NC(=O)NS(=O)(=O)C(F)(F)F.O=C1CCc2ccccc21. The van der Waals surface area contributed by atoms with Gasteiger partial charge >= 0.3 is 21.6 Å². The first-order valence-corrected chi connectivity index (χ1v) is 7.02. The summed E-state index contributed by atoms with van der Waals surface area (Å²) in [7, 11) is -5.62. The number of carbonyl (C=O) groups excluding carboxylic acids is 2. The van der Waals surface area contributed by atoms with Crippen molar-refractivity contribution in [3.8, 4) is 0 Å². The van der Waals surface area contributed by atoms with Crippen molar-refractivity contribution in [2.24, 2.45) is 5.73 Å². The van der Waals surface area contributed by atoms with E-state index < -0.39 is 21.6 Å². The van der Waals surface area contributed by atoms with Crippen LogP contribution in [-0.2, 0) is 16.4 Å².